The molecule has 0 bridgehead atoms. The first kappa shape index (κ1) is 14.0. The van der Waals surface area contributed by atoms with Gasteiger partial charge in [0.2, 0.25) is 0 Å². The first-order valence-corrected chi connectivity index (χ1v) is 6.33. The van der Waals surface area contributed by atoms with Crippen LogP contribution in [-0.2, 0) is 0 Å². The van der Waals surface area contributed by atoms with Crippen LogP contribution in [0.4, 0.5) is 9.80 Å². The molecule has 0 aliphatic rings. The highest BCUT2D eigenvalue weighted by molar-refractivity contribution is 7.16. The molecule has 0 radical (unpaired) electrons. The van der Waals surface area contributed by atoms with Crippen molar-refractivity contribution in [1.82, 2.24) is 4.90 Å². The van der Waals surface area contributed by atoms with E-state index in [1.165, 1.54) is 16.2 Å². The Morgan fingerprint density at radius 2 is 2.12 bits per heavy atom. The van der Waals surface area contributed by atoms with Gasteiger partial charge in [0.25, 0.3) is 0 Å². The highest BCUT2D eigenvalue weighted by Gasteiger charge is 2.13. The van der Waals surface area contributed by atoms with E-state index in [-0.39, 0.29) is 25.8 Å². The molecule has 1 rings (SSSR count). The topological polar surface area (TPSA) is 72.8 Å². The number of carbonyl (C=O) groups excluding carboxylic acids is 1. The maximum atomic E-state index is 11.8. The number of nitrogens with zero attached hydrogens (tertiary/aromatic N) is 1. The highest BCUT2D eigenvalue weighted by atomic mass is 32.1. The molecule has 0 aliphatic carbocycles. The zero-order valence-electron chi connectivity index (χ0n) is 9.85. The Balaban J connectivity index is 2.52. The molecule has 2 amide bonds. The van der Waals surface area contributed by atoms with E-state index >= 15 is 0 Å². The summed E-state index contributed by atoms with van der Waals surface area (Å²) in [5, 5.41) is 21.2. The number of amides is 2. The molecule has 0 saturated heterocycles. The van der Waals surface area contributed by atoms with Gasteiger partial charge in [-0.05, 0) is 25.5 Å². The summed E-state index contributed by atoms with van der Waals surface area (Å²) < 4.78 is 0. The Bertz CT molecular complexity index is 354. The summed E-state index contributed by atoms with van der Waals surface area (Å²) in [7, 11) is 0. The number of nitrogens with one attached hydrogen (secondary N) is 1. The third kappa shape index (κ3) is 4.72. The number of rotatable bonds is 6. The van der Waals surface area contributed by atoms with Gasteiger partial charge in [-0.2, -0.15) is 0 Å². The number of thiophene rings is 1. The van der Waals surface area contributed by atoms with Crippen molar-refractivity contribution in [3.05, 3.63) is 17.0 Å². The van der Waals surface area contributed by atoms with E-state index in [1.807, 2.05) is 19.1 Å². The summed E-state index contributed by atoms with van der Waals surface area (Å²) in [4.78, 5) is 14.5. The van der Waals surface area contributed by atoms with Gasteiger partial charge in [-0.1, -0.05) is 0 Å². The average Bonchev–Trinajstić information content (AvgIpc) is 2.70. The number of carbonyl (C=O) groups is 1. The number of aliphatic hydroxyl groups is 2. The van der Waals surface area contributed by atoms with Crippen LogP contribution in [-0.4, -0.2) is 47.4 Å². The van der Waals surface area contributed by atoms with Crippen LogP contribution < -0.4 is 5.32 Å². The Kier molecular flexibility index (Phi) is 5.96. The van der Waals surface area contributed by atoms with Gasteiger partial charge in [0.15, 0.2) is 0 Å². The van der Waals surface area contributed by atoms with Gasteiger partial charge >= 0.3 is 6.03 Å². The van der Waals surface area contributed by atoms with Crippen LogP contribution in [0.15, 0.2) is 12.1 Å². The zero-order chi connectivity index (χ0) is 12.7. The summed E-state index contributed by atoms with van der Waals surface area (Å²) in [6.07, 6.45) is 0.511. The number of anilines is 1. The predicted octanol–water partition coefficient (Wildman–Crippen LogP) is 1.27. The second kappa shape index (κ2) is 7.26. The second-order valence-corrected chi connectivity index (χ2v) is 4.92. The van der Waals surface area contributed by atoms with Gasteiger partial charge in [0.1, 0.15) is 0 Å². The Hall–Kier alpha value is -1.11. The molecule has 17 heavy (non-hydrogen) atoms. The van der Waals surface area contributed by atoms with Gasteiger partial charge in [0.05, 0.1) is 11.6 Å². The molecular formula is C11H18N2O3S. The Labute approximate surface area is 105 Å². The SMILES string of the molecule is Cc1ccc(NC(=O)N(CCO)CCCO)s1. The van der Waals surface area contributed by atoms with Crippen LogP contribution in [0.3, 0.4) is 0 Å². The van der Waals surface area contributed by atoms with Crippen molar-refractivity contribution in [3.63, 3.8) is 0 Å². The van der Waals surface area contributed by atoms with Crippen LogP contribution in [0.25, 0.3) is 0 Å². The summed E-state index contributed by atoms with van der Waals surface area (Å²) in [6, 6.07) is 3.54. The minimum atomic E-state index is -0.241. The molecule has 0 atom stereocenters. The molecule has 0 aliphatic heterocycles. The lowest BCUT2D eigenvalue weighted by molar-refractivity contribution is 0.180. The minimum Gasteiger partial charge on any atom is -0.396 e. The molecule has 1 heterocycles. The van der Waals surface area contributed by atoms with E-state index in [0.29, 0.717) is 13.0 Å². The van der Waals surface area contributed by atoms with Gasteiger partial charge in [0, 0.05) is 24.6 Å². The highest BCUT2D eigenvalue weighted by Crippen LogP contribution is 2.20. The number of hydrogen-bond donors (Lipinski definition) is 3. The van der Waals surface area contributed by atoms with Crippen molar-refractivity contribution in [3.8, 4) is 0 Å². The first-order chi connectivity index (χ1) is 8.17. The Morgan fingerprint density at radius 3 is 2.65 bits per heavy atom. The van der Waals surface area contributed by atoms with E-state index in [0.717, 1.165) is 9.88 Å². The summed E-state index contributed by atoms with van der Waals surface area (Å²) in [6.45, 7) is 2.64. The molecule has 0 fully saturated rings. The van der Waals surface area contributed by atoms with Crippen LogP contribution in [0.1, 0.15) is 11.3 Å². The van der Waals surface area contributed by atoms with Gasteiger partial charge in [-0.25, -0.2) is 4.79 Å². The molecule has 3 N–H and O–H groups in total. The van der Waals surface area contributed by atoms with Crippen LogP contribution in [0, 0.1) is 6.92 Å². The Morgan fingerprint density at radius 1 is 1.35 bits per heavy atom. The standard InChI is InChI=1S/C11H18N2O3S/c1-9-3-4-10(17-9)12-11(16)13(6-8-15)5-2-7-14/h3-4,14-15H,2,5-8H2,1H3,(H,12,16). The van der Waals surface area contributed by atoms with Gasteiger partial charge in [-0.3, -0.25) is 5.32 Å². The van der Waals surface area contributed by atoms with E-state index in [2.05, 4.69) is 5.32 Å². The molecular weight excluding hydrogens is 240 g/mol. The molecule has 5 nitrogen and oxygen atoms in total. The molecule has 1 aromatic rings. The summed E-state index contributed by atoms with van der Waals surface area (Å²) in [5.41, 5.74) is 0. The molecule has 0 unspecified atom stereocenters. The van der Waals surface area contributed by atoms with Crippen molar-refractivity contribution >= 4 is 22.4 Å². The van der Waals surface area contributed by atoms with E-state index in [1.54, 1.807) is 0 Å². The van der Waals surface area contributed by atoms with E-state index in [9.17, 15) is 4.79 Å². The van der Waals surface area contributed by atoms with Crippen LogP contribution >= 0.6 is 11.3 Å². The van der Waals surface area contributed by atoms with Crippen molar-refractivity contribution in [1.29, 1.82) is 0 Å². The minimum absolute atomic E-state index is 0.0350. The third-order valence-electron chi connectivity index (χ3n) is 2.21. The molecule has 0 aromatic carbocycles. The number of aryl methyl sites for hydroxylation is 1. The van der Waals surface area contributed by atoms with Crippen LogP contribution in [0.2, 0.25) is 0 Å². The lowest BCUT2D eigenvalue weighted by atomic mass is 10.4. The fourth-order valence-electron chi connectivity index (χ4n) is 1.38. The lowest BCUT2D eigenvalue weighted by Crippen LogP contribution is -2.37. The molecule has 0 saturated carbocycles. The van der Waals surface area contributed by atoms with Crippen molar-refractivity contribution in [2.45, 2.75) is 13.3 Å². The summed E-state index contributed by atoms with van der Waals surface area (Å²) >= 11 is 1.50. The second-order valence-electron chi connectivity index (χ2n) is 3.63. The fourth-order valence-corrected chi connectivity index (χ4v) is 2.14. The number of urea groups is 1. The smallest absolute Gasteiger partial charge is 0.322 e. The van der Waals surface area contributed by atoms with Gasteiger partial charge in [-0.15, -0.1) is 11.3 Å². The lowest BCUT2D eigenvalue weighted by Gasteiger charge is -2.21. The summed E-state index contributed by atoms with van der Waals surface area (Å²) in [5.74, 6) is 0. The maximum Gasteiger partial charge on any atom is 0.322 e. The average molecular weight is 258 g/mol. The normalized spacial score (nSPS) is 10.3. The predicted molar refractivity (Wildman–Crippen MR) is 68.4 cm³/mol. The van der Waals surface area contributed by atoms with E-state index in [4.69, 9.17) is 10.2 Å². The van der Waals surface area contributed by atoms with Crippen molar-refractivity contribution in [2.24, 2.45) is 0 Å². The third-order valence-corrected chi connectivity index (χ3v) is 3.13. The number of aliphatic hydroxyl groups excluding tert-OH is 2. The van der Waals surface area contributed by atoms with Crippen molar-refractivity contribution < 1.29 is 15.0 Å². The van der Waals surface area contributed by atoms with Crippen molar-refractivity contribution in [2.75, 3.05) is 31.6 Å². The monoisotopic (exact) mass is 258 g/mol. The molecule has 6 heteroatoms. The molecule has 0 spiro atoms. The van der Waals surface area contributed by atoms with E-state index < -0.39 is 0 Å². The molecule has 1 aromatic heterocycles. The maximum absolute atomic E-state index is 11.8. The van der Waals surface area contributed by atoms with Crippen LogP contribution in [0.5, 0.6) is 0 Å². The zero-order valence-corrected chi connectivity index (χ0v) is 10.7. The quantitative estimate of drug-likeness (QED) is 0.719. The number of hydrogen-bond acceptors (Lipinski definition) is 4. The molecule has 96 valence electrons. The first-order valence-electron chi connectivity index (χ1n) is 5.51. The fraction of sp³-hybridized carbons (Fsp3) is 0.545. The van der Waals surface area contributed by atoms with Gasteiger partial charge < -0.3 is 15.1 Å². The largest absolute Gasteiger partial charge is 0.396 e.